The summed E-state index contributed by atoms with van der Waals surface area (Å²) in [5, 5.41) is 13.2. The van der Waals surface area contributed by atoms with Gasteiger partial charge in [0.15, 0.2) is 0 Å². The van der Waals surface area contributed by atoms with Crippen molar-refractivity contribution < 1.29 is 9.52 Å². The first-order valence-electron chi connectivity index (χ1n) is 7.95. The van der Waals surface area contributed by atoms with Gasteiger partial charge < -0.3 is 19.7 Å². The molecule has 1 saturated heterocycles. The standard InChI is InChI=1S/C18H24N2O2/c1-13-11-15(14(2)22-13)12-19-17-5-3-4-6-18(17)20-9-7-16(21)8-10-20/h3-6,11,16,19,21H,7-10,12H2,1-2H3. The Bertz CT molecular complexity index is 628. The van der Waals surface area contributed by atoms with Crippen LogP contribution in [0.15, 0.2) is 34.7 Å². The van der Waals surface area contributed by atoms with E-state index in [0.717, 1.165) is 49.7 Å². The van der Waals surface area contributed by atoms with Gasteiger partial charge in [-0.3, -0.25) is 0 Å². The monoisotopic (exact) mass is 300 g/mol. The molecule has 0 amide bonds. The van der Waals surface area contributed by atoms with Crippen LogP contribution in [0.3, 0.4) is 0 Å². The number of aliphatic hydroxyl groups is 1. The number of hydrogen-bond acceptors (Lipinski definition) is 4. The summed E-state index contributed by atoms with van der Waals surface area (Å²) in [6.45, 7) is 6.55. The van der Waals surface area contributed by atoms with Gasteiger partial charge in [-0.15, -0.1) is 0 Å². The van der Waals surface area contributed by atoms with E-state index in [0.29, 0.717) is 0 Å². The molecule has 0 spiro atoms. The van der Waals surface area contributed by atoms with Crippen LogP contribution < -0.4 is 10.2 Å². The highest BCUT2D eigenvalue weighted by molar-refractivity contribution is 5.70. The molecule has 1 aromatic heterocycles. The summed E-state index contributed by atoms with van der Waals surface area (Å²) in [4.78, 5) is 2.35. The van der Waals surface area contributed by atoms with Gasteiger partial charge in [0, 0.05) is 25.2 Å². The lowest BCUT2D eigenvalue weighted by molar-refractivity contribution is 0.145. The second-order valence-corrected chi connectivity index (χ2v) is 6.03. The quantitative estimate of drug-likeness (QED) is 0.907. The third kappa shape index (κ3) is 3.28. The molecule has 2 aromatic rings. The highest BCUT2D eigenvalue weighted by Crippen LogP contribution is 2.29. The molecule has 22 heavy (non-hydrogen) atoms. The van der Waals surface area contributed by atoms with Crippen LogP contribution in [0.4, 0.5) is 11.4 Å². The molecule has 4 nitrogen and oxygen atoms in total. The Morgan fingerprint density at radius 3 is 2.64 bits per heavy atom. The number of aryl methyl sites for hydroxylation is 2. The van der Waals surface area contributed by atoms with Crippen molar-refractivity contribution in [3.05, 3.63) is 47.4 Å². The summed E-state index contributed by atoms with van der Waals surface area (Å²) in [5.41, 5.74) is 3.55. The minimum atomic E-state index is -0.145. The average Bonchev–Trinajstić information content (AvgIpc) is 2.84. The molecule has 0 radical (unpaired) electrons. The first-order valence-corrected chi connectivity index (χ1v) is 7.95. The van der Waals surface area contributed by atoms with Crippen LogP contribution in [0, 0.1) is 13.8 Å². The Hall–Kier alpha value is -1.94. The predicted octanol–water partition coefficient (Wildman–Crippen LogP) is 3.47. The smallest absolute Gasteiger partial charge is 0.106 e. The molecule has 0 aliphatic carbocycles. The first-order chi connectivity index (χ1) is 10.6. The predicted molar refractivity (Wildman–Crippen MR) is 89.4 cm³/mol. The summed E-state index contributed by atoms with van der Waals surface area (Å²) >= 11 is 0. The molecule has 0 atom stereocenters. The Morgan fingerprint density at radius 1 is 1.23 bits per heavy atom. The van der Waals surface area contributed by atoms with Crippen molar-refractivity contribution in [3.8, 4) is 0 Å². The van der Waals surface area contributed by atoms with Crippen LogP contribution in [0.1, 0.15) is 29.9 Å². The fourth-order valence-corrected chi connectivity index (χ4v) is 3.06. The molecule has 4 heteroatoms. The lowest BCUT2D eigenvalue weighted by Crippen LogP contribution is -2.36. The number of nitrogens with one attached hydrogen (secondary N) is 1. The number of hydrogen-bond donors (Lipinski definition) is 2. The summed E-state index contributed by atoms with van der Waals surface area (Å²) in [5.74, 6) is 1.93. The van der Waals surface area contributed by atoms with Crippen LogP contribution in [0.5, 0.6) is 0 Å². The van der Waals surface area contributed by atoms with Crippen molar-refractivity contribution in [1.82, 2.24) is 0 Å². The third-order valence-electron chi connectivity index (χ3n) is 4.32. The van der Waals surface area contributed by atoms with Gasteiger partial charge in [0.05, 0.1) is 17.5 Å². The van der Waals surface area contributed by atoms with E-state index < -0.39 is 0 Å². The number of aliphatic hydroxyl groups excluding tert-OH is 1. The molecular weight excluding hydrogens is 276 g/mol. The van der Waals surface area contributed by atoms with Crippen molar-refractivity contribution in [3.63, 3.8) is 0 Å². The summed E-state index contributed by atoms with van der Waals surface area (Å²) in [6, 6.07) is 10.5. The largest absolute Gasteiger partial charge is 0.466 e. The fraction of sp³-hybridized carbons (Fsp3) is 0.444. The van der Waals surface area contributed by atoms with Crippen molar-refractivity contribution in [2.45, 2.75) is 39.3 Å². The van der Waals surface area contributed by atoms with Crippen molar-refractivity contribution in [2.24, 2.45) is 0 Å². The number of piperidine rings is 1. The molecule has 1 fully saturated rings. The molecule has 0 saturated carbocycles. The van der Waals surface area contributed by atoms with Crippen molar-refractivity contribution in [1.29, 1.82) is 0 Å². The molecule has 1 aliphatic rings. The zero-order chi connectivity index (χ0) is 15.5. The van der Waals surface area contributed by atoms with Gasteiger partial charge in [0.2, 0.25) is 0 Å². The van der Waals surface area contributed by atoms with Crippen LogP contribution in [0.25, 0.3) is 0 Å². The van der Waals surface area contributed by atoms with E-state index in [2.05, 4.69) is 40.5 Å². The number of nitrogens with zero attached hydrogens (tertiary/aromatic N) is 1. The molecule has 1 aliphatic heterocycles. The molecule has 1 aromatic carbocycles. The lowest BCUT2D eigenvalue weighted by Gasteiger charge is -2.33. The van der Waals surface area contributed by atoms with E-state index >= 15 is 0 Å². The topological polar surface area (TPSA) is 48.6 Å². The maximum absolute atomic E-state index is 9.68. The number of para-hydroxylation sites is 2. The van der Waals surface area contributed by atoms with E-state index in [4.69, 9.17) is 4.42 Å². The Balaban J connectivity index is 1.72. The number of furan rings is 1. The van der Waals surface area contributed by atoms with Crippen LogP contribution in [0.2, 0.25) is 0 Å². The van der Waals surface area contributed by atoms with Crippen LogP contribution in [-0.4, -0.2) is 24.3 Å². The molecule has 0 bridgehead atoms. The first kappa shape index (κ1) is 15.0. The minimum absolute atomic E-state index is 0.145. The summed E-state index contributed by atoms with van der Waals surface area (Å²) in [6.07, 6.45) is 1.54. The molecule has 3 rings (SSSR count). The van der Waals surface area contributed by atoms with Gasteiger partial charge in [-0.25, -0.2) is 0 Å². The van der Waals surface area contributed by atoms with Gasteiger partial charge in [0.25, 0.3) is 0 Å². The molecule has 2 N–H and O–H groups in total. The van der Waals surface area contributed by atoms with Crippen LogP contribution >= 0.6 is 0 Å². The number of rotatable bonds is 4. The Labute approximate surface area is 131 Å². The number of anilines is 2. The highest BCUT2D eigenvalue weighted by atomic mass is 16.3. The Kier molecular flexibility index (Phi) is 4.39. The molecular formula is C18H24N2O2. The van der Waals surface area contributed by atoms with E-state index in [1.807, 2.05) is 13.8 Å². The molecule has 118 valence electrons. The lowest BCUT2D eigenvalue weighted by atomic mass is 10.1. The normalized spacial score (nSPS) is 16.0. The van der Waals surface area contributed by atoms with Gasteiger partial charge in [-0.05, 0) is 44.9 Å². The second kappa shape index (κ2) is 6.44. The van der Waals surface area contributed by atoms with E-state index in [9.17, 15) is 5.11 Å². The van der Waals surface area contributed by atoms with E-state index in [1.165, 1.54) is 11.3 Å². The van der Waals surface area contributed by atoms with E-state index in [1.54, 1.807) is 0 Å². The zero-order valence-corrected chi connectivity index (χ0v) is 13.3. The van der Waals surface area contributed by atoms with Gasteiger partial charge in [-0.2, -0.15) is 0 Å². The van der Waals surface area contributed by atoms with Gasteiger partial charge in [-0.1, -0.05) is 12.1 Å². The zero-order valence-electron chi connectivity index (χ0n) is 13.3. The number of benzene rings is 1. The van der Waals surface area contributed by atoms with Crippen molar-refractivity contribution >= 4 is 11.4 Å². The summed E-state index contributed by atoms with van der Waals surface area (Å²) < 4.78 is 5.58. The summed E-state index contributed by atoms with van der Waals surface area (Å²) in [7, 11) is 0. The maximum Gasteiger partial charge on any atom is 0.106 e. The van der Waals surface area contributed by atoms with Crippen LogP contribution in [-0.2, 0) is 6.54 Å². The van der Waals surface area contributed by atoms with E-state index in [-0.39, 0.29) is 6.10 Å². The van der Waals surface area contributed by atoms with Gasteiger partial charge >= 0.3 is 0 Å². The van der Waals surface area contributed by atoms with Gasteiger partial charge in [0.1, 0.15) is 11.5 Å². The average molecular weight is 300 g/mol. The minimum Gasteiger partial charge on any atom is -0.466 e. The van der Waals surface area contributed by atoms with Crippen molar-refractivity contribution in [2.75, 3.05) is 23.3 Å². The third-order valence-corrected chi connectivity index (χ3v) is 4.32. The SMILES string of the molecule is Cc1cc(CNc2ccccc2N2CCC(O)CC2)c(C)o1. The maximum atomic E-state index is 9.68. The molecule has 2 heterocycles. The Morgan fingerprint density at radius 2 is 1.95 bits per heavy atom. The highest BCUT2D eigenvalue weighted by Gasteiger charge is 2.19. The molecule has 0 unspecified atom stereocenters. The second-order valence-electron chi connectivity index (χ2n) is 6.03. The fourth-order valence-electron chi connectivity index (χ4n) is 3.06.